The highest BCUT2D eigenvalue weighted by molar-refractivity contribution is 5.92. The molecule has 4 rings (SSSR count). The van der Waals surface area contributed by atoms with Gasteiger partial charge in [-0.3, -0.25) is 0 Å². The SMILES string of the molecule is [N-]=[N+]=NOC(=O)c1ccccc1C1c2ccc(O)cc2Oc2cc(O)ccc21. The first-order valence-electron chi connectivity index (χ1n) is 8.27. The van der Waals surface area contributed by atoms with Crippen LogP contribution >= 0.6 is 0 Å². The summed E-state index contributed by atoms with van der Waals surface area (Å²) in [5, 5.41) is 22.6. The van der Waals surface area contributed by atoms with Crippen molar-refractivity contribution in [3.05, 3.63) is 93.4 Å². The van der Waals surface area contributed by atoms with Gasteiger partial charge in [-0.05, 0) is 29.3 Å². The van der Waals surface area contributed by atoms with E-state index in [2.05, 4.69) is 15.0 Å². The average molecular weight is 375 g/mol. The van der Waals surface area contributed by atoms with Crippen LogP contribution in [0.25, 0.3) is 10.4 Å². The van der Waals surface area contributed by atoms with Crippen molar-refractivity contribution in [2.24, 2.45) is 5.28 Å². The second-order valence-corrected chi connectivity index (χ2v) is 6.12. The number of fused-ring (bicyclic) bond motifs is 2. The minimum Gasteiger partial charge on any atom is -0.508 e. The molecule has 8 heteroatoms. The number of phenolic OH excluding ortho intramolecular Hbond substituents is 2. The van der Waals surface area contributed by atoms with Gasteiger partial charge in [-0.25, -0.2) is 4.79 Å². The number of rotatable bonds is 3. The Morgan fingerprint density at radius 3 is 2.18 bits per heavy atom. The summed E-state index contributed by atoms with van der Waals surface area (Å²) >= 11 is 0. The zero-order valence-corrected chi connectivity index (χ0v) is 14.3. The molecule has 1 aliphatic rings. The maximum Gasteiger partial charge on any atom is 0.350 e. The van der Waals surface area contributed by atoms with Gasteiger partial charge in [0, 0.05) is 34.1 Å². The Labute approximate surface area is 158 Å². The summed E-state index contributed by atoms with van der Waals surface area (Å²) in [5.41, 5.74) is 10.7. The fourth-order valence-electron chi connectivity index (χ4n) is 3.36. The molecule has 0 saturated heterocycles. The molecule has 0 saturated carbocycles. The molecular weight excluding hydrogens is 362 g/mol. The molecule has 1 heterocycles. The smallest absolute Gasteiger partial charge is 0.350 e. The summed E-state index contributed by atoms with van der Waals surface area (Å²) in [7, 11) is 0. The summed E-state index contributed by atoms with van der Waals surface area (Å²) in [4.78, 5) is 19.4. The van der Waals surface area contributed by atoms with Gasteiger partial charge in [-0.1, -0.05) is 30.3 Å². The number of hydrogen-bond donors (Lipinski definition) is 2. The second kappa shape index (κ2) is 6.86. The van der Waals surface area contributed by atoms with E-state index in [1.165, 1.54) is 24.3 Å². The van der Waals surface area contributed by atoms with Gasteiger partial charge in [-0.2, -0.15) is 0 Å². The van der Waals surface area contributed by atoms with Crippen LogP contribution in [-0.4, -0.2) is 16.2 Å². The number of aromatic hydroxyl groups is 2. The summed E-state index contributed by atoms with van der Waals surface area (Å²) in [5.74, 6) is -0.368. The monoisotopic (exact) mass is 375 g/mol. The standard InChI is InChI=1S/C20H13N3O5/c21-22-23-28-20(26)14-4-2-1-3-13(14)19-15-7-5-11(24)9-17(15)27-18-10-12(25)6-8-16(18)19/h1-10,19,24-25H. The molecule has 0 aromatic heterocycles. The van der Waals surface area contributed by atoms with Crippen molar-refractivity contribution >= 4 is 5.97 Å². The van der Waals surface area contributed by atoms with Gasteiger partial charge in [0.05, 0.1) is 5.56 Å². The largest absolute Gasteiger partial charge is 0.508 e. The summed E-state index contributed by atoms with van der Waals surface area (Å²) in [6, 6.07) is 16.2. The summed E-state index contributed by atoms with van der Waals surface area (Å²) < 4.78 is 5.85. The number of carbonyl (C=O) groups is 1. The molecule has 0 spiro atoms. The van der Waals surface area contributed by atoms with Gasteiger partial charge in [-0.15, -0.1) is 0 Å². The Hall–Kier alpha value is -4.16. The van der Waals surface area contributed by atoms with E-state index in [4.69, 9.17) is 10.3 Å². The lowest BCUT2D eigenvalue weighted by atomic mass is 9.80. The van der Waals surface area contributed by atoms with Crippen LogP contribution in [0.1, 0.15) is 33.0 Å². The van der Waals surface area contributed by atoms with E-state index in [1.54, 1.807) is 36.4 Å². The quantitative estimate of drug-likeness (QED) is 0.231. The van der Waals surface area contributed by atoms with Crippen LogP contribution in [0.4, 0.5) is 0 Å². The third-order valence-electron chi connectivity index (χ3n) is 4.49. The zero-order chi connectivity index (χ0) is 19.7. The van der Waals surface area contributed by atoms with Gasteiger partial charge in [0.1, 0.15) is 28.3 Å². The van der Waals surface area contributed by atoms with Crippen molar-refractivity contribution in [2.75, 3.05) is 0 Å². The van der Waals surface area contributed by atoms with E-state index in [9.17, 15) is 15.0 Å². The Bertz CT molecular complexity index is 1090. The molecule has 0 amide bonds. The van der Waals surface area contributed by atoms with Crippen LogP contribution in [0.5, 0.6) is 23.0 Å². The molecule has 8 nitrogen and oxygen atoms in total. The number of nitrogens with zero attached hydrogens (tertiary/aromatic N) is 3. The highest BCUT2D eigenvalue weighted by Gasteiger charge is 2.32. The molecule has 3 aromatic rings. The molecule has 0 aliphatic carbocycles. The van der Waals surface area contributed by atoms with Crippen molar-refractivity contribution in [2.45, 2.75) is 5.92 Å². The Kier molecular flexibility index (Phi) is 4.23. The first-order chi connectivity index (χ1) is 13.6. The minimum absolute atomic E-state index is 0.0251. The number of azide groups is 1. The van der Waals surface area contributed by atoms with Gasteiger partial charge in [0.2, 0.25) is 0 Å². The van der Waals surface area contributed by atoms with Crippen molar-refractivity contribution < 1.29 is 24.6 Å². The normalized spacial score (nSPS) is 12.1. The molecular formula is C20H13N3O5. The summed E-state index contributed by atoms with van der Waals surface area (Å²) in [6.45, 7) is 0. The third-order valence-corrected chi connectivity index (χ3v) is 4.49. The van der Waals surface area contributed by atoms with Gasteiger partial charge in [0.15, 0.2) is 0 Å². The first-order valence-corrected chi connectivity index (χ1v) is 8.27. The average Bonchev–Trinajstić information content (AvgIpc) is 2.70. The Balaban J connectivity index is 1.94. The number of ether oxygens (including phenoxy) is 1. The van der Waals surface area contributed by atoms with Crippen LogP contribution in [0.2, 0.25) is 0 Å². The molecule has 0 bridgehead atoms. The third kappa shape index (κ3) is 2.94. The van der Waals surface area contributed by atoms with Crippen LogP contribution < -0.4 is 4.74 Å². The Morgan fingerprint density at radius 1 is 0.964 bits per heavy atom. The maximum atomic E-state index is 12.4. The van der Waals surface area contributed by atoms with E-state index in [1.807, 2.05) is 0 Å². The predicted octanol–water partition coefficient (Wildman–Crippen LogP) is 4.77. The van der Waals surface area contributed by atoms with E-state index in [0.29, 0.717) is 17.1 Å². The summed E-state index contributed by atoms with van der Waals surface area (Å²) in [6.07, 6.45) is 0. The second-order valence-electron chi connectivity index (χ2n) is 6.12. The molecule has 0 unspecified atom stereocenters. The van der Waals surface area contributed by atoms with E-state index in [-0.39, 0.29) is 17.1 Å². The highest BCUT2D eigenvalue weighted by atomic mass is 16.7. The molecule has 1 aliphatic heterocycles. The molecule has 138 valence electrons. The van der Waals surface area contributed by atoms with Crippen LogP contribution in [0, 0.1) is 0 Å². The number of phenols is 2. The van der Waals surface area contributed by atoms with E-state index < -0.39 is 11.9 Å². The Morgan fingerprint density at radius 2 is 1.57 bits per heavy atom. The molecule has 0 fully saturated rings. The lowest BCUT2D eigenvalue weighted by Crippen LogP contribution is -2.15. The fourth-order valence-corrected chi connectivity index (χ4v) is 3.36. The van der Waals surface area contributed by atoms with E-state index >= 15 is 0 Å². The lowest BCUT2D eigenvalue weighted by Gasteiger charge is -2.29. The molecule has 0 radical (unpaired) electrons. The topological polar surface area (TPSA) is 125 Å². The van der Waals surface area contributed by atoms with Crippen molar-refractivity contribution in [3.63, 3.8) is 0 Å². The minimum atomic E-state index is -0.791. The molecule has 0 atom stereocenters. The maximum absolute atomic E-state index is 12.4. The first kappa shape index (κ1) is 17.3. The predicted molar refractivity (Wildman–Crippen MR) is 98.2 cm³/mol. The van der Waals surface area contributed by atoms with Crippen LogP contribution in [0.15, 0.2) is 65.9 Å². The molecule has 28 heavy (non-hydrogen) atoms. The van der Waals surface area contributed by atoms with Crippen LogP contribution in [-0.2, 0) is 4.84 Å². The number of benzene rings is 3. The van der Waals surface area contributed by atoms with Gasteiger partial charge < -0.3 is 19.8 Å². The zero-order valence-electron chi connectivity index (χ0n) is 14.3. The lowest BCUT2D eigenvalue weighted by molar-refractivity contribution is 0.0504. The van der Waals surface area contributed by atoms with Crippen molar-refractivity contribution in [1.29, 1.82) is 0 Å². The van der Waals surface area contributed by atoms with Gasteiger partial charge >= 0.3 is 5.97 Å². The fraction of sp³-hybridized carbons (Fsp3) is 0.0500. The molecule has 2 N–H and O–H groups in total. The number of hydrogen-bond acceptors (Lipinski definition) is 6. The van der Waals surface area contributed by atoms with E-state index in [0.717, 1.165) is 11.1 Å². The number of carbonyl (C=O) groups excluding carboxylic acids is 1. The van der Waals surface area contributed by atoms with Gasteiger partial charge in [0.25, 0.3) is 0 Å². The van der Waals surface area contributed by atoms with Crippen molar-refractivity contribution in [1.82, 2.24) is 0 Å². The molecule has 3 aromatic carbocycles. The van der Waals surface area contributed by atoms with Crippen LogP contribution in [0.3, 0.4) is 0 Å². The highest BCUT2D eigenvalue weighted by Crippen LogP contribution is 2.49. The van der Waals surface area contributed by atoms with Crippen molar-refractivity contribution in [3.8, 4) is 23.0 Å².